The second-order valence-corrected chi connectivity index (χ2v) is 3.40. The smallest absolute Gasteiger partial charge is 0.276 e. The minimum Gasteiger partial charge on any atom is -0.391 e. The van der Waals surface area contributed by atoms with Gasteiger partial charge in [-0.1, -0.05) is 0 Å². The predicted molar refractivity (Wildman–Crippen MR) is 56.1 cm³/mol. The molecule has 6 heteroatoms. The summed E-state index contributed by atoms with van der Waals surface area (Å²) in [5, 5.41) is 2.98. The molecule has 0 saturated carbocycles. The summed E-state index contributed by atoms with van der Waals surface area (Å²) in [6.45, 7) is 0.752. The lowest BCUT2D eigenvalue weighted by atomic mass is 10.5. The van der Waals surface area contributed by atoms with E-state index in [1.807, 2.05) is 6.26 Å². The molecule has 0 bridgehead atoms. The van der Waals surface area contributed by atoms with Crippen molar-refractivity contribution in [1.29, 1.82) is 0 Å². The summed E-state index contributed by atoms with van der Waals surface area (Å²) in [5.41, 5.74) is 5.33. The number of rotatable bonds is 4. The maximum Gasteiger partial charge on any atom is 0.276 e. The molecule has 5 nitrogen and oxygen atoms in total. The van der Waals surface area contributed by atoms with Crippen LogP contribution in [0.1, 0.15) is 0 Å². The van der Waals surface area contributed by atoms with Gasteiger partial charge in [-0.25, -0.2) is 4.98 Å². The Balaban J connectivity index is 2.66. The third-order valence-electron chi connectivity index (χ3n) is 1.49. The van der Waals surface area contributed by atoms with Crippen molar-refractivity contribution in [3.05, 3.63) is 16.7 Å². The largest absolute Gasteiger partial charge is 0.391 e. The van der Waals surface area contributed by atoms with E-state index in [-0.39, 0.29) is 11.2 Å². The van der Waals surface area contributed by atoms with Crippen LogP contribution in [-0.4, -0.2) is 28.5 Å². The molecule has 1 heterocycles. The first-order valence-electron chi connectivity index (χ1n) is 3.81. The van der Waals surface area contributed by atoms with Crippen LogP contribution in [0.5, 0.6) is 0 Å². The molecule has 0 saturated heterocycles. The number of aromatic amines is 1. The van der Waals surface area contributed by atoms with Gasteiger partial charge in [0, 0.05) is 12.3 Å². The Morgan fingerprint density at radius 2 is 2.54 bits per heavy atom. The Morgan fingerprint density at radius 1 is 1.77 bits per heavy atom. The molecule has 72 valence electrons. The lowest BCUT2D eigenvalue weighted by Crippen LogP contribution is -2.17. The maximum atomic E-state index is 11.0. The predicted octanol–water partition coefficient (Wildman–Crippen LogP) is 0.127. The van der Waals surface area contributed by atoms with Gasteiger partial charge in [-0.3, -0.25) is 4.79 Å². The summed E-state index contributed by atoms with van der Waals surface area (Å²) in [7, 11) is 0. The van der Waals surface area contributed by atoms with Gasteiger partial charge >= 0.3 is 0 Å². The molecule has 0 aliphatic heterocycles. The second kappa shape index (κ2) is 4.76. The fraction of sp³-hybridized carbons (Fsp3) is 0.429. The first kappa shape index (κ1) is 9.91. The molecular formula is C7H12N4OS. The van der Waals surface area contributed by atoms with Gasteiger partial charge in [0.25, 0.3) is 5.56 Å². The average Bonchev–Trinajstić information content (AvgIpc) is 2.13. The summed E-state index contributed by atoms with van der Waals surface area (Å²) in [6.07, 6.45) is 3.34. The number of anilines is 2. The van der Waals surface area contributed by atoms with Gasteiger partial charge < -0.3 is 16.0 Å². The standard InChI is InChI=1S/C7H12N4OS/c1-13-3-2-9-6-5(8)7(12)11-4-10-6/h4H,2-3,8H2,1H3,(H2,9,10,11,12). The molecule has 0 radical (unpaired) electrons. The fourth-order valence-electron chi connectivity index (χ4n) is 0.823. The summed E-state index contributed by atoms with van der Waals surface area (Å²) in [6, 6.07) is 0. The van der Waals surface area contributed by atoms with Gasteiger partial charge in [-0.05, 0) is 6.26 Å². The van der Waals surface area contributed by atoms with E-state index in [0.29, 0.717) is 5.82 Å². The van der Waals surface area contributed by atoms with Crippen molar-refractivity contribution in [2.75, 3.05) is 29.6 Å². The van der Waals surface area contributed by atoms with E-state index in [9.17, 15) is 4.79 Å². The first-order valence-corrected chi connectivity index (χ1v) is 5.21. The van der Waals surface area contributed by atoms with E-state index in [0.717, 1.165) is 12.3 Å². The molecule has 1 aromatic heterocycles. The third kappa shape index (κ3) is 2.66. The molecule has 0 unspecified atom stereocenters. The molecule has 0 fully saturated rings. The van der Waals surface area contributed by atoms with E-state index in [2.05, 4.69) is 15.3 Å². The van der Waals surface area contributed by atoms with Gasteiger partial charge in [0.1, 0.15) is 5.69 Å². The zero-order valence-corrected chi connectivity index (χ0v) is 8.15. The second-order valence-electron chi connectivity index (χ2n) is 2.41. The van der Waals surface area contributed by atoms with Crippen molar-refractivity contribution in [2.24, 2.45) is 0 Å². The number of aromatic nitrogens is 2. The van der Waals surface area contributed by atoms with Gasteiger partial charge in [0.2, 0.25) is 0 Å². The summed E-state index contributed by atoms with van der Waals surface area (Å²) >= 11 is 1.71. The van der Waals surface area contributed by atoms with Crippen LogP contribution in [-0.2, 0) is 0 Å². The van der Waals surface area contributed by atoms with E-state index >= 15 is 0 Å². The van der Waals surface area contributed by atoms with Crippen molar-refractivity contribution in [3.63, 3.8) is 0 Å². The van der Waals surface area contributed by atoms with Gasteiger partial charge in [0.05, 0.1) is 6.33 Å². The zero-order chi connectivity index (χ0) is 9.68. The molecule has 0 aliphatic rings. The Kier molecular flexibility index (Phi) is 3.63. The molecule has 13 heavy (non-hydrogen) atoms. The molecule has 1 aromatic rings. The summed E-state index contributed by atoms with van der Waals surface area (Å²) in [5.74, 6) is 1.41. The number of nitrogen functional groups attached to an aromatic ring is 1. The van der Waals surface area contributed by atoms with Crippen LogP contribution in [0.3, 0.4) is 0 Å². The van der Waals surface area contributed by atoms with E-state index in [1.54, 1.807) is 11.8 Å². The van der Waals surface area contributed by atoms with Gasteiger partial charge in [-0.15, -0.1) is 0 Å². The van der Waals surface area contributed by atoms with Crippen LogP contribution >= 0.6 is 11.8 Å². The molecule has 1 rings (SSSR count). The lowest BCUT2D eigenvalue weighted by Gasteiger charge is -2.05. The zero-order valence-electron chi connectivity index (χ0n) is 7.33. The fourth-order valence-corrected chi connectivity index (χ4v) is 1.13. The molecule has 0 amide bonds. The highest BCUT2D eigenvalue weighted by atomic mass is 32.2. The number of nitrogens with zero attached hydrogens (tertiary/aromatic N) is 1. The maximum absolute atomic E-state index is 11.0. The third-order valence-corrected chi connectivity index (χ3v) is 2.10. The van der Waals surface area contributed by atoms with Crippen LogP contribution in [0.15, 0.2) is 11.1 Å². The topological polar surface area (TPSA) is 83.8 Å². The molecule has 0 aromatic carbocycles. The number of hydrogen-bond donors (Lipinski definition) is 3. The number of H-pyrrole nitrogens is 1. The number of hydrogen-bond acceptors (Lipinski definition) is 5. The van der Waals surface area contributed by atoms with Crippen LogP contribution < -0.4 is 16.6 Å². The van der Waals surface area contributed by atoms with Gasteiger partial charge in [0.15, 0.2) is 5.82 Å². The molecule has 4 N–H and O–H groups in total. The number of thioether (sulfide) groups is 1. The molecule has 0 atom stereocenters. The quantitative estimate of drug-likeness (QED) is 0.601. The minimum atomic E-state index is -0.304. The molecule has 0 aliphatic carbocycles. The number of nitrogens with two attached hydrogens (primary N) is 1. The highest BCUT2D eigenvalue weighted by Crippen LogP contribution is 2.06. The van der Waals surface area contributed by atoms with Gasteiger partial charge in [-0.2, -0.15) is 11.8 Å². The number of nitrogens with one attached hydrogen (secondary N) is 2. The van der Waals surface area contributed by atoms with Crippen LogP contribution in [0, 0.1) is 0 Å². The Labute approximate surface area is 80.1 Å². The van der Waals surface area contributed by atoms with Crippen molar-refractivity contribution in [3.8, 4) is 0 Å². The monoisotopic (exact) mass is 200 g/mol. The normalized spacial score (nSPS) is 9.92. The first-order chi connectivity index (χ1) is 6.25. The highest BCUT2D eigenvalue weighted by Gasteiger charge is 2.01. The summed E-state index contributed by atoms with van der Waals surface area (Å²) < 4.78 is 0. The van der Waals surface area contributed by atoms with Crippen LogP contribution in [0.4, 0.5) is 11.5 Å². The van der Waals surface area contributed by atoms with Crippen molar-refractivity contribution >= 4 is 23.3 Å². The minimum absolute atomic E-state index is 0.142. The van der Waals surface area contributed by atoms with Crippen molar-refractivity contribution in [2.45, 2.75) is 0 Å². The Bertz CT molecular complexity index is 325. The molecule has 0 spiro atoms. The van der Waals surface area contributed by atoms with Crippen LogP contribution in [0.25, 0.3) is 0 Å². The highest BCUT2D eigenvalue weighted by molar-refractivity contribution is 7.98. The van der Waals surface area contributed by atoms with Crippen molar-refractivity contribution < 1.29 is 0 Å². The lowest BCUT2D eigenvalue weighted by molar-refractivity contribution is 1.09. The van der Waals surface area contributed by atoms with Crippen molar-refractivity contribution in [1.82, 2.24) is 9.97 Å². The Hall–Kier alpha value is -1.17. The van der Waals surface area contributed by atoms with E-state index in [4.69, 9.17) is 5.73 Å². The average molecular weight is 200 g/mol. The summed E-state index contributed by atoms with van der Waals surface area (Å²) in [4.78, 5) is 17.3. The van der Waals surface area contributed by atoms with Crippen LogP contribution in [0.2, 0.25) is 0 Å². The SMILES string of the molecule is CSCCNc1nc[nH]c(=O)c1N. The molecular weight excluding hydrogens is 188 g/mol. The Morgan fingerprint density at radius 3 is 3.23 bits per heavy atom. The van der Waals surface area contributed by atoms with E-state index < -0.39 is 0 Å². The van der Waals surface area contributed by atoms with E-state index in [1.165, 1.54) is 6.33 Å².